The van der Waals surface area contributed by atoms with Gasteiger partial charge in [-0.2, -0.15) is 4.79 Å². The van der Waals surface area contributed by atoms with Crippen molar-refractivity contribution in [2.24, 2.45) is 0 Å². The molecule has 5 heteroatoms. The Morgan fingerprint density at radius 1 is 1.05 bits per heavy atom. The number of benzene rings is 2. The largest absolute Gasteiger partial charge is 0.608 e. The average molecular weight is 298 g/mol. The minimum atomic E-state index is -0.461. The summed E-state index contributed by atoms with van der Waals surface area (Å²) in [6.45, 7) is 1.91. The van der Waals surface area contributed by atoms with E-state index < -0.39 is 5.76 Å². The molecule has 0 atom stereocenters. The maximum absolute atomic E-state index is 12.3. The molecule has 3 aromatic rings. The maximum Gasteiger partial charge on any atom is 0.608 e. The molecule has 0 bridgehead atoms. The molecule has 1 aromatic heterocycles. The van der Waals surface area contributed by atoms with Crippen LogP contribution in [-0.4, -0.2) is 14.2 Å². The van der Waals surface area contributed by atoms with E-state index in [9.17, 15) is 4.79 Å². The number of para-hydroxylation sites is 1. The van der Waals surface area contributed by atoms with Crippen LogP contribution >= 0.6 is 0 Å². The van der Waals surface area contributed by atoms with E-state index in [1.54, 1.807) is 38.6 Å². The molecule has 2 aromatic carbocycles. The fourth-order valence-corrected chi connectivity index (χ4v) is 2.36. The van der Waals surface area contributed by atoms with Gasteiger partial charge in [-0.25, -0.2) is 0 Å². The van der Waals surface area contributed by atoms with Gasteiger partial charge >= 0.3 is 5.76 Å². The Balaban J connectivity index is 2.26. The van der Waals surface area contributed by atoms with Crippen LogP contribution in [0.1, 0.15) is 5.56 Å². The summed E-state index contributed by atoms with van der Waals surface area (Å²) in [6.07, 6.45) is 1.75. The van der Waals surface area contributed by atoms with Crippen molar-refractivity contribution >= 4 is 11.0 Å². The van der Waals surface area contributed by atoms with Crippen molar-refractivity contribution < 1.29 is 18.5 Å². The van der Waals surface area contributed by atoms with Crippen LogP contribution in [0.25, 0.3) is 16.7 Å². The van der Waals surface area contributed by atoms with Gasteiger partial charge in [0.05, 0.1) is 31.7 Å². The molecular formula is C17H16NO4+. The summed E-state index contributed by atoms with van der Waals surface area (Å²) in [5.41, 5.74) is 2.14. The summed E-state index contributed by atoms with van der Waals surface area (Å²) in [5.74, 6) is 0.744. The van der Waals surface area contributed by atoms with Gasteiger partial charge in [0.1, 0.15) is 11.5 Å². The lowest BCUT2D eigenvalue weighted by Crippen LogP contribution is -2.46. The normalized spacial score (nSPS) is 10.7. The first-order valence-electron chi connectivity index (χ1n) is 6.81. The fourth-order valence-electron chi connectivity index (χ4n) is 2.36. The van der Waals surface area contributed by atoms with Gasteiger partial charge < -0.3 is 13.9 Å². The Hall–Kier alpha value is -2.82. The van der Waals surface area contributed by atoms with Gasteiger partial charge in [0.2, 0.25) is 5.69 Å². The van der Waals surface area contributed by atoms with Gasteiger partial charge in [0.15, 0.2) is 11.8 Å². The second kappa shape index (κ2) is 5.52. The van der Waals surface area contributed by atoms with Crippen LogP contribution in [0.15, 0.2) is 51.8 Å². The lowest BCUT2D eigenvalue weighted by molar-refractivity contribution is -0.623. The zero-order valence-corrected chi connectivity index (χ0v) is 12.6. The first-order valence-corrected chi connectivity index (χ1v) is 6.81. The van der Waals surface area contributed by atoms with Gasteiger partial charge in [-0.1, -0.05) is 16.7 Å². The van der Waals surface area contributed by atoms with E-state index in [1.807, 2.05) is 25.1 Å². The molecule has 0 fully saturated rings. The summed E-state index contributed by atoms with van der Waals surface area (Å²) in [4.78, 5) is 12.3. The number of aryl methyl sites for hydroxylation is 1. The molecule has 0 saturated carbocycles. The van der Waals surface area contributed by atoms with Crippen molar-refractivity contribution in [2.45, 2.75) is 6.92 Å². The van der Waals surface area contributed by atoms with Crippen LogP contribution in [-0.2, 0) is 0 Å². The second-order valence-corrected chi connectivity index (χ2v) is 4.93. The molecule has 0 aliphatic carbocycles. The molecule has 3 rings (SSSR count). The highest BCUT2D eigenvalue weighted by Crippen LogP contribution is 2.22. The minimum Gasteiger partial charge on any atom is -0.496 e. The monoisotopic (exact) mass is 298 g/mol. The zero-order valence-electron chi connectivity index (χ0n) is 12.6. The molecule has 0 N–H and O–H groups in total. The zero-order chi connectivity index (χ0) is 15.7. The third kappa shape index (κ3) is 2.41. The summed E-state index contributed by atoms with van der Waals surface area (Å²) in [5, 5.41) is 0.849. The Kier molecular flexibility index (Phi) is 3.55. The number of aromatic nitrogens is 1. The Morgan fingerprint density at radius 2 is 1.73 bits per heavy atom. The molecule has 0 radical (unpaired) electrons. The molecule has 112 valence electrons. The van der Waals surface area contributed by atoms with Crippen molar-refractivity contribution in [3.05, 3.63) is 58.7 Å². The SMILES string of the molecule is COc1cc(OC)cc(-[n+]2cc3cccc(C)c3oc2=O)c1. The standard InChI is InChI=1S/C17H16NO4/c1-11-5-4-6-12-10-18(17(19)22-16(11)12)13-7-14(20-2)9-15(8-13)21-3/h4-10H,1-3H3/q+1. The highest BCUT2D eigenvalue weighted by Gasteiger charge is 2.18. The van der Waals surface area contributed by atoms with Crippen molar-refractivity contribution in [3.8, 4) is 17.2 Å². The first-order chi connectivity index (χ1) is 10.6. The lowest BCUT2D eigenvalue weighted by Gasteiger charge is -2.05. The molecule has 0 aliphatic heterocycles. The quantitative estimate of drug-likeness (QED) is 0.697. The van der Waals surface area contributed by atoms with Crippen molar-refractivity contribution in [1.29, 1.82) is 0 Å². The number of hydrogen-bond donors (Lipinski definition) is 0. The number of methoxy groups -OCH3 is 2. The molecule has 0 saturated heterocycles. The Labute approximate surface area is 127 Å². The molecule has 0 amide bonds. The van der Waals surface area contributed by atoms with E-state index >= 15 is 0 Å². The Bertz CT molecular complexity index is 877. The van der Waals surface area contributed by atoms with Gasteiger partial charge in [-0.3, -0.25) is 0 Å². The highest BCUT2D eigenvalue weighted by molar-refractivity contribution is 5.77. The summed E-state index contributed by atoms with van der Waals surface area (Å²) < 4.78 is 17.4. The number of hydrogen-bond acceptors (Lipinski definition) is 4. The molecule has 0 aliphatic rings. The van der Waals surface area contributed by atoms with Crippen LogP contribution in [0.4, 0.5) is 0 Å². The van der Waals surface area contributed by atoms with E-state index in [0.29, 0.717) is 22.8 Å². The van der Waals surface area contributed by atoms with Crippen LogP contribution in [0.3, 0.4) is 0 Å². The minimum absolute atomic E-state index is 0.461. The van der Waals surface area contributed by atoms with E-state index in [4.69, 9.17) is 13.9 Å². The van der Waals surface area contributed by atoms with E-state index in [2.05, 4.69) is 0 Å². The average Bonchev–Trinajstić information content (AvgIpc) is 2.54. The summed E-state index contributed by atoms with van der Waals surface area (Å²) >= 11 is 0. The van der Waals surface area contributed by atoms with Gasteiger partial charge in [0, 0.05) is 6.07 Å². The predicted molar refractivity (Wildman–Crippen MR) is 81.9 cm³/mol. The van der Waals surface area contributed by atoms with Crippen LogP contribution in [0, 0.1) is 6.92 Å². The third-order valence-corrected chi connectivity index (χ3v) is 3.51. The number of rotatable bonds is 3. The van der Waals surface area contributed by atoms with Gasteiger partial charge in [-0.05, 0) is 18.6 Å². The molecule has 0 unspecified atom stereocenters. The van der Waals surface area contributed by atoms with Crippen molar-refractivity contribution in [1.82, 2.24) is 0 Å². The summed E-state index contributed by atoms with van der Waals surface area (Å²) in [7, 11) is 3.13. The van der Waals surface area contributed by atoms with Crippen LogP contribution in [0.5, 0.6) is 11.5 Å². The Morgan fingerprint density at radius 3 is 2.36 bits per heavy atom. The van der Waals surface area contributed by atoms with Gasteiger partial charge in [0.25, 0.3) is 0 Å². The van der Waals surface area contributed by atoms with Crippen molar-refractivity contribution in [2.75, 3.05) is 14.2 Å². The van der Waals surface area contributed by atoms with E-state index in [-0.39, 0.29) is 0 Å². The predicted octanol–water partition coefficient (Wildman–Crippen LogP) is 2.40. The number of nitrogens with zero attached hydrogens (tertiary/aromatic N) is 1. The highest BCUT2D eigenvalue weighted by atomic mass is 16.5. The fraction of sp³-hybridized carbons (Fsp3) is 0.176. The van der Waals surface area contributed by atoms with Gasteiger partial charge in [-0.15, -0.1) is 0 Å². The maximum atomic E-state index is 12.3. The molecule has 0 spiro atoms. The molecule has 5 nitrogen and oxygen atoms in total. The van der Waals surface area contributed by atoms with Crippen LogP contribution in [0.2, 0.25) is 0 Å². The smallest absolute Gasteiger partial charge is 0.496 e. The number of fused-ring (bicyclic) bond motifs is 1. The molecule has 22 heavy (non-hydrogen) atoms. The van der Waals surface area contributed by atoms with Crippen molar-refractivity contribution in [3.63, 3.8) is 0 Å². The van der Waals surface area contributed by atoms with Crippen LogP contribution < -0.4 is 19.8 Å². The second-order valence-electron chi connectivity index (χ2n) is 4.93. The van der Waals surface area contributed by atoms with E-state index in [1.165, 1.54) is 4.57 Å². The molecule has 1 heterocycles. The molecular weight excluding hydrogens is 282 g/mol. The topological polar surface area (TPSA) is 52.6 Å². The summed E-state index contributed by atoms with van der Waals surface area (Å²) in [6, 6.07) is 11.0. The first kappa shape index (κ1) is 14.1. The van der Waals surface area contributed by atoms with E-state index in [0.717, 1.165) is 10.9 Å². The number of ether oxygens (including phenoxy) is 2. The lowest BCUT2D eigenvalue weighted by atomic mass is 10.2. The third-order valence-electron chi connectivity index (χ3n) is 3.51.